The summed E-state index contributed by atoms with van der Waals surface area (Å²) in [5.74, 6) is 0.722. The third kappa shape index (κ3) is 8.68. The highest BCUT2D eigenvalue weighted by molar-refractivity contribution is 7.89. The Hall–Kier alpha value is -2.74. The molecule has 10 nitrogen and oxygen atoms in total. The van der Waals surface area contributed by atoms with Crippen molar-refractivity contribution >= 4 is 41.9 Å². The Kier molecular flexibility index (Phi) is 11.1. The lowest BCUT2D eigenvalue weighted by atomic mass is 9.89. The summed E-state index contributed by atoms with van der Waals surface area (Å²) in [4.78, 5) is 10.8. The smallest absolute Gasteiger partial charge is 0.218 e. The number of aryl methyl sites for hydroxylation is 1. The topological polar surface area (TPSA) is 130 Å². The summed E-state index contributed by atoms with van der Waals surface area (Å²) in [7, 11) is 2.48. The zero-order valence-electron chi connectivity index (χ0n) is 25.9. The van der Waals surface area contributed by atoms with E-state index < -0.39 is 25.3 Å². The Morgan fingerprint density at radius 2 is 1.67 bits per heavy atom. The second-order valence-corrected chi connectivity index (χ2v) is 15.7. The number of hydrogen-bond donors (Lipinski definition) is 4. The van der Waals surface area contributed by atoms with Crippen molar-refractivity contribution in [2.45, 2.75) is 36.9 Å². The van der Waals surface area contributed by atoms with E-state index in [4.69, 9.17) is 0 Å². The number of aromatic amines is 2. The van der Waals surface area contributed by atoms with Crippen molar-refractivity contribution in [1.29, 1.82) is 0 Å². The monoisotopic (exact) mass is 630 g/mol. The molecule has 1 fully saturated rings. The number of fused-ring (bicyclic) bond motifs is 2. The van der Waals surface area contributed by atoms with Crippen LogP contribution in [0.2, 0.25) is 0 Å². The van der Waals surface area contributed by atoms with E-state index >= 15 is 0 Å². The van der Waals surface area contributed by atoms with Crippen LogP contribution in [0.1, 0.15) is 47.1 Å². The Morgan fingerprint density at radius 1 is 0.953 bits per heavy atom. The first-order valence-electron chi connectivity index (χ1n) is 14.8. The van der Waals surface area contributed by atoms with Crippen molar-refractivity contribution in [2.75, 3.05) is 60.6 Å². The lowest BCUT2D eigenvalue weighted by Gasteiger charge is -2.28. The van der Waals surface area contributed by atoms with E-state index in [0.717, 1.165) is 47.2 Å². The predicted molar refractivity (Wildman–Crippen MR) is 177 cm³/mol. The number of H-pyrrole nitrogens is 2. The lowest BCUT2D eigenvalue weighted by molar-refractivity contribution is 0.256. The molecule has 0 spiro atoms. The van der Waals surface area contributed by atoms with Gasteiger partial charge in [-0.2, -0.15) is 0 Å². The SMILES string of the molecule is CNS(=O)(=O)C(CCN(C)C)c1ccc2[nH]ccc2c1.CNS(=O)(=O)CCc1ccc2[nH]cc(C3CCN(C)CC3)c2c1. The molecule has 0 amide bonds. The zero-order valence-corrected chi connectivity index (χ0v) is 27.5. The van der Waals surface area contributed by atoms with Crippen LogP contribution >= 0.6 is 0 Å². The summed E-state index contributed by atoms with van der Waals surface area (Å²) >= 11 is 0. The number of hydrogen-bond acceptors (Lipinski definition) is 6. The minimum Gasteiger partial charge on any atom is -0.361 e. The van der Waals surface area contributed by atoms with Gasteiger partial charge in [-0.15, -0.1) is 0 Å². The summed E-state index contributed by atoms with van der Waals surface area (Å²) in [6.07, 6.45) is 7.46. The molecule has 4 N–H and O–H groups in total. The van der Waals surface area contributed by atoms with Crippen molar-refractivity contribution in [3.63, 3.8) is 0 Å². The fraction of sp³-hybridized carbons (Fsp3) is 0.484. The Morgan fingerprint density at radius 3 is 2.35 bits per heavy atom. The molecular weight excluding hydrogens is 585 g/mol. The van der Waals surface area contributed by atoms with Gasteiger partial charge in [-0.05, 0) is 139 Å². The normalized spacial score (nSPS) is 16.0. The van der Waals surface area contributed by atoms with Gasteiger partial charge >= 0.3 is 0 Å². The Labute approximate surface area is 256 Å². The first-order valence-corrected chi connectivity index (χ1v) is 18.0. The first kappa shape index (κ1) is 33.2. The van der Waals surface area contributed by atoms with E-state index in [9.17, 15) is 16.8 Å². The fourth-order valence-corrected chi connectivity index (χ4v) is 7.56. The number of aromatic nitrogens is 2. The highest BCUT2D eigenvalue weighted by atomic mass is 32.2. The van der Waals surface area contributed by atoms with Crippen LogP contribution in [0.4, 0.5) is 0 Å². The van der Waals surface area contributed by atoms with Crippen LogP contribution in [-0.2, 0) is 26.5 Å². The number of benzene rings is 2. The van der Waals surface area contributed by atoms with Crippen molar-refractivity contribution in [2.24, 2.45) is 0 Å². The van der Waals surface area contributed by atoms with Crippen LogP contribution in [0.15, 0.2) is 54.9 Å². The maximum absolute atomic E-state index is 12.2. The molecule has 5 rings (SSSR count). The highest BCUT2D eigenvalue weighted by Gasteiger charge is 2.26. The molecule has 1 unspecified atom stereocenters. The van der Waals surface area contributed by atoms with Gasteiger partial charge in [-0.3, -0.25) is 0 Å². The molecule has 236 valence electrons. The minimum atomic E-state index is -3.35. The molecule has 0 saturated carbocycles. The van der Waals surface area contributed by atoms with Crippen LogP contribution in [0.3, 0.4) is 0 Å². The van der Waals surface area contributed by atoms with Gasteiger partial charge in [0.05, 0.1) is 5.75 Å². The second-order valence-electron chi connectivity index (χ2n) is 11.6. The maximum atomic E-state index is 12.2. The minimum absolute atomic E-state index is 0.128. The summed E-state index contributed by atoms with van der Waals surface area (Å²) < 4.78 is 52.5. The van der Waals surface area contributed by atoms with Crippen LogP contribution in [0.25, 0.3) is 21.8 Å². The lowest BCUT2D eigenvalue weighted by Crippen LogP contribution is -2.29. The van der Waals surface area contributed by atoms with Gasteiger partial charge in [0.25, 0.3) is 0 Å². The van der Waals surface area contributed by atoms with E-state index in [1.807, 2.05) is 55.5 Å². The number of piperidine rings is 1. The number of nitrogens with one attached hydrogen (secondary N) is 4. The quantitative estimate of drug-likeness (QED) is 0.200. The molecule has 1 aliphatic rings. The molecule has 1 aliphatic heterocycles. The van der Waals surface area contributed by atoms with Crippen LogP contribution in [0.5, 0.6) is 0 Å². The van der Waals surface area contributed by atoms with Gasteiger partial charge in [0.2, 0.25) is 20.0 Å². The molecule has 3 heterocycles. The molecule has 2 aromatic carbocycles. The second kappa shape index (κ2) is 14.4. The maximum Gasteiger partial charge on any atom is 0.218 e. The highest BCUT2D eigenvalue weighted by Crippen LogP contribution is 2.33. The van der Waals surface area contributed by atoms with Gasteiger partial charge < -0.3 is 19.8 Å². The molecule has 1 atom stereocenters. The molecular formula is C31H46N6O4S2. The van der Waals surface area contributed by atoms with Gasteiger partial charge in [-0.25, -0.2) is 26.3 Å². The van der Waals surface area contributed by atoms with Crippen LogP contribution in [-0.4, -0.2) is 97.2 Å². The van der Waals surface area contributed by atoms with E-state index in [1.54, 1.807) is 0 Å². The van der Waals surface area contributed by atoms with Crippen molar-refractivity contribution in [3.8, 4) is 0 Å². The van der Waals surface area contributed by atoms with Crippen molar-refractivity contribution in [3.05, 3.63) is 71.5 Å². The van der Waals surface area contributed by atoms with Gasteiger partial charge in [-0.1, -0.05) is 12.1 Å². The molecule has 0 aliphatic carbocycles. The third-order valence-electron chi connectivity index (χ3n) is 8.35. The van der Waals surface area contributed by atoms with Crippen molar-refractivity contribution in [1.82, 2.24) is 29.2 Å². The predicted octanol–water partition coefficient (Wildman–Crippen LogP) is 3.78. The number of likely N-dealkylation sites (tertiary alicyclic amines) is 1. The average molecular weight is 631 g/mol. The summed E-state index contributed by atoms with van der Waals surface area (Å²) in [5.41, 5.74) is 5.44. The molecule has 0 radical (unpaired) electrons. The average Bonchev–Trinajstić information content (AvgIpc) is 3.63. The first-order chi connectivity index (χ1) is 20.4. The standard InChI is InChI=1S/C17H25N3O2S.C14H21N3O2S/c1-18-23(21,22)10-7-13-3-4-17-15(11-13)16(12-19-17)14-5-8-20(2)9-6-14;1-15-20(18,19)14(7-9-17(2)3)12-4-5-13-11(10-12)6-8-16-13/h3-4,11-12,14,18-19H,5-10H2,1-2H3;4-6,8,10,14-16H,7,9H2,1-3H3. The summed E-state index contributed by atoms with van der Waals surface area (Å²) in [5, 5.41) is 1.75. The summed E-state index contributed by atoms with van der Waals surface area (Å²) in [6, 6.07) is 13.9. The molecule has 2 aromatic heterocycles. The Bertz CT molecular complexity index is 1700. The number of rotatable bonds is 11. The van der Waals surface area contributed by atoms with Gasteiger partial charge in [0, 0.05) is 28.8 Å². The number of sulfonamides is 2. The van der Waals surface area contributed by atoms with Gasteiger partial charge in [0.1, 0.15) is 5.25 Å². The van der Waals surface area contributed by atoms with Crippen LogP contribution in [0, 0.1) is 0 Å². The molecule has 12 heteroatoms. The largest absolute Gasteiger partial charge is 0.361 e. The zero-order chi connectivity index (χ0) is 31.2. The van der Waals surface area contributed by atoms with Crippen molar-refractivity contribution < 1.29 is 16.8 Å². The molecule has 0 bridgehead atoms. The van der Waals surface area contributed by atoms with Gasteiger partial charge in [0.15, 0.2) is 0 Å². The molecule has 43 heavy (non-hydrogen) atoms. The number of nitrogens with zero attached hydrogens (tertiary/aromatic N) is 2. The van der Waals surface area contributed by atoms with Crippen LogP contribution < -0.4 is 9.44 Å². The molecule has 4 aromatic rings. The van der Waals surface area contributed by atoms with E-state index in [-0.39, 0.29) is 5.75 Å². The van der Waals surface area contributed by atoms with E-state index in [2.05, 4.69) is 49.7 Å². The fourth-order valence-electron chi connectivity index (χ4n) is 5.65. The molecule has 1 saturated heterocycles. The van der Waals surface area contributed by atoms with E-state index in [1.165, 1.54) is 37.9 Å². The summed E-state index contributed by atoms with van der Waals surface area (Å²) in [6.45, 7) is 2.99. The van der Waals surface area contributed by atoms with E-state index in [0.29, 0.717) is 18.8 Å². The third-order valence-corrected chi connectivity index (χ3v) is 11.5. The Balaban J connectivity index is 0.000000199.